The van der Waals surface area contributed by atoms with Gasteiger partial charge in [0.05, 0.1) is 22.3 Å². The molecule has 0 bridgehead atoms. The van der Waals surface area contributed by atoms with E-state index in [0.717, 1.165) is 45.4 Å². The number of hydrogen-bond donors (Lipinski definition) is 0. The van der Waals surface area contributed by atoms with E-state index in [0.29, 0.717) is 11.6 Å². The second kappa shape index (κ2) is 7.97. The summed E-state index contributed by atoms with van der Waals surface area (Å²) in [6.07, 6.45) is 1.34. The van der Waals surface area contributed by atoms with Crippen molar-refractivity contribution < 1.29 is 0 Å². The third kappa shape index (κ3) is 3.91. The lowest BCUT2D eigenvalue weighted by molar-refractivity contribution is 1.14. The number of aliphatic imine (C=N–C) groups is 3. The summed E-state index contributed by atoms with van der Waals surface area (Å²) in [5, 5.41) is 0.706. The summed E-state index contributed by atoms with van der Waals surface area (Å²) in [4.78, 5) is 15.7. The lowest BCUT2D eigenvalue weighted by Crippen LogP contribution is -2.22. The maximum absolute atomic E-state index is 6.49. The highest BCUT2D eigenvalue weighted by molar-refractivity contribution is 8.00. The molecule has 5 rings (SSSR count). The number of fused-ring (bicyclic) bond motifs is 2. The molecule has 0 spiro atoms. The standard InChI is InChI=1S/C24H18ClN3S/c25-24-15-21(26-17-10-4-5-11-18(17)28-24)23-14-20(16-8-2-1-3-9-16)27-19-12-6-7-13-22(19)29-23/h1-13,23H,14-15H2. The topological polar surface area (TPSA) is 37.1 Å². The minimum absolute atomic E-state index is 0.132. The quantitative estimate of drug-likeness (QED) is 0.439. The fourth-order valence-electron chi connectivity index (χ4n) is 3.56. The highest BCUT2D eigenvalue weighted by Crippen LogP contribution is 2.41. The molecule has 2 aliphatic heterocycles. The van der Waals surface area contributed by atoms with E-state index >= 15 is 0 Å². The SMILES string of the molecule is ClC1=Nc2ccccc2N=C(C2CC(c3ccccc3)=Nc3ccccc3S2)C1. The van der Waals surface area contributed by atoms with Crippen molar-refractivity contribution in [2.75, 3.05) is 0 Å². The van der Waals surface area contributed by atoms with Gasteiger partial charge in [-0.15, -0.1) is 11.8 Å². The van der Waals surface area contributed by atoms with Crippen LogP contribution in [-0.4, -0.2) is 21.8 Å². The zero-order valence-electron chi connectivity index (χ0n) is 15.6. The largest absolute Gasteiger partial charge is 0.254 e. The molecule has 142 valence electrons. The summed E-state index contributed by atoms with van der Waals surface area (Å²) < 4.78 is 0. The second-order valence-corrected chi connectivity index (χ2v) is 8.64. The number of para-hydroxylation sites is 3. The van der Waals surface area contributed by atoms with Gasteiger partial charge in [-0.25, -0.2) is 4.99 Å². The van der Waals surface area contributed by atoms with Gasteiger partial charge in [0.1, 0.15) is 5.17 Å². The minimum atomic E-state index is 0.132. The van der Waals surface area contributed by atoms with Crippen molar-refractivity contribution in [3.8, 4) is 0 Å². The van der Waals surface area contributed by atoms with Gasteiger partial charge < -0.3 is 0 Å². The first-order valence-corrected chi connectivity index (χ1v) is 10.8. The van der Waals surface area contributed by atoms with Crippen molar-refractivity contribution in [1.29, 1.82) is 0 Å². The number of nitrogens with zero attached hydrogens (tertiary/aromatic N) is 3. The molecule has 5 heteroatoms. The Bertz CT molecular complexity index is 1150. The molecule has 0 amide bonds. The van der Waals surface area contributed by atoms with Crippen LogP contribution in [0.25, 0.3) is 0 Å². The number of halogens is 1. The number of benzene rings is 3. The van der Waals surface area contributed by atoms with Crippen molar-refractivity contribution in [1.82, 2.24) is 0 Å². The van der Waals surface area contributed by atoms with Crippen LogP contribution in [0.2, 0.25) is 0 Å². The van der Waals surface area contributed by atoms with Crippen molar-refractivity contribution in [3.05, 3.63) is 84.4 Å². The molecule has 1 atom stereocenters. The third-order valence-electron chi connectivity index (χ3n) is 4.96. The molecule has 0 aromatic heterocycles. The normalized spacial score (nSPS) is 18.4. The van der Waals surface area contributed by atoms with Crippen molar-refractivity contribution in [2.24, 2.45) is 15.0 Å². The van der Waals surface area contributed by atoms with Crippen molar-refractivity contribution in [3.63, 3.8) is 0 Å². The Balaban J connectivity index is 1.60. The summed E-state index contributed by atoms with van der Waals surface area (Å²) in [5.41, 5.74) is 5.95. The van der Waals surface area contributed by atoms with E-state index in [4.69, 9.17) is 21.6 Å². The Kier molecular flexibility index (Phi) is 5.04. The van der Waals surface area contributed by atoms with Crippen LogP contribution in [0.3, 0.4) is 0 Å². The van der Waals surface area contributed by atoms with Gasteiger partial charge >= 0.3 is 0 Å². The first kappa shape index (κ1) is 18.3. The zero-order chi connectivity index (χ0) is 19.6. The average Bonchev–Trinajstić information content (AvgIpc) is 3.05. The fraction of sp³-hybridized carbons (Fsp3) is 0.125. The third-order valence-corrected chi connectivity index (χ3v) is 6.50. The van der Waals surface area contributed by atoms with E-state index in [1.165, 1.54) is 0 Å². The van der Waals surface area contributed by atoms with Gasteiger partial charge in [-0.2, -0.15) is 0 Å². The van der Waals surface area contributed by atoms with Gasteiger partial charge in [-0.3, -0.25) is 9.98 Å². The van der Waals surface area contributed by atoms with Gasteiger partial charge in [0.25, 0.3) is 0 Å². The van der Waals surface area contributed by atoms with E-state index in [9.17, 15) is 0 Å². The van der Waals surface area contributed by atoms with Crippen LogP contribution in [0, 0.1) is 0 Å². The number of thioether (sulfide) groups is 1. The second-order valence-electron chi connectivity index (χ2n) is 6.96. The molecule has 3 aromatic carbocycles. The predicted molar refractivity (Wildman–Crippen MR) is 124 cm³/mol. The van der Waals surface area contributed by atoms with Crippen molar-refractivity contribution in [2.45, 2.75) is 23.0 Å². The molecule has 1 unspecified atom stereocenters. The first-order valence-electron chi connectivity index (χ1n) is 9.54. The summed E-state index contributed by atoms with van der Waals surface area (Å²) in [7, 11) is 0. The lowest BCUT2D eigenvalue weighted by atomic mass is 10.0. The van der Waals surface area contributed by atoms with Crippen LogP contribution in [-0.2, 0) is 0 Å². The van der Waals surface area contributed by atoms with Crippen LogP contribution >= 0.6 is 23.4 Å². The molecule has 0 N–H and O–H groups in total. The maximum Gasteiger partial charge on any atom is 0.112 e. The Hall–Kier alpha value is -2.69. The Morgan fingerprint density at radius 2 is 1.38 bits per heavy atom. The molecule has 3 nitrogen and oxygen atoms in total. The van der Waals surface area contributed by atoms with Crippen LogP contribution in [0.15, 0.2) is 98.7 Å². The van der Waals surface area contributed by atoms with E-state index in [2.05, 4.69) is 47.5 Å². The molecule has 0 radical (unpaired) electrons. The van der Waals surface area contributed by atoms with Gasteiger partial charge in [0.2, 0.25) is 0 Å². The molecule has 0 saturated heterocycles. The van der Waals surface area contributed by atoms with E-state index in [1.807, 2.05) is 48.2 Å². The molecule has 0 aliphatic carbocycles. The Morgan fingerprint density at radius 1 is 0.724 bits per heavy atom. The first-order chi connectivity index (χ1) is 14.3. The monoisotopic (exact) mass is 415 g/mol. The molecule has 0 saturated carbocycles. The van der Waals surface area contributed by atoms with Crippen LogP contribution in [0.4, 0.5) is 17.1 Å². The average molecular weight is 416 g/mol. The number of rotatable bonds is 2. The fourth-order valence-corrected chi connectivity index (χ4v) is 5.00. The van der Waals surface area contributed by atoms with Gasteiger partial charge in [0, 0.05) is 29.2 Å². The zero-order valence-corrected chi connectivity index (χ0v) is 17.2. The Morgan fingerprint density at radius 3 is 2.17 bits per heavy atom. The lowest BCUT2D eigenvalue weighted by Gasteiger charge is -2.17. The summed E-state index contributed by atoms with van der Waals surface area (Å²) >= 11 is 8.30. The van der Waals surface area contributed by atoms with E-state index in [1.54, 1.807) is 0 Å². The minimum Gasteiger partial charge on any atom is -0.254 e. The highest BCUT2D eigenvalue weighted by atomic mass is 35.5. The van der Waals surface area contributed by atoms with Crippen molar-refractivity contribution >= 4 is 57.0 Å². The summed E-state index contributed by atoms with van der Waals surface area (Å²) in [5.74, 6) is 0. The number of hydrogen-bond acceptors (Lipinski definition) is 4. The molecule has 3 aromatic rings. The molecule has 0 fully saturated rings. The van der Waals surface area contributed by atoms with Gasteiger partial charge in [-0.05, 0) is 29.8 Å². The van der Waals surface area contributed by atoms with Crippen LogP contribution in [0.5, 0.6) is 0 Å². The maximum atomic E-state index is 6.49. The van der Waals surface area contributed by atoms with E-state index < -0.39 is 0 Å². The molecule has 2 aliphatic rings. The molecular formula is C24H18ClN3S. The molecule has 29 heavy (non-hydrogen) atoms. The van der Waals surface area contributed by atoms with Crippen LogP contribution in [0.1, 0.15) is 18.4 Å². The van der Waals surface area contributed by atoms with Gasteiger partial charge in [-0.1, -0.05) is 66.2 Å². The molecular weight excluding hydrogens is 398 g/mol. The predicted octanol–water partition coefficient (Wildman–Crippen LogP) is 7.12. The smallest absolute Gasteiger partial charge is 0.112 e. The molecule has 2 heterocycles. The summed E-state index contributed by atoms with van der Waals surface area (Å²) in [6.45, 7) is 0. The van der Waals surface area contributed by atoms with Crippen LogP contribution < -0.4 is 0 Å². The Labute approximate surface area is 179 Å². The highest BCUT2D eigenvalue weighted by Gasteiger charge is 2.27. The van der Waals surface area contributed by atoms with E-state index in [-0.39, 0.29) is 5.25 Å². The van der Waals surface area contributed by atoms with Gasteiger partial charge in [0.15, 0.2) is 0 Å². The summed E-state index contributed by atoms with van der Waals surface area (Å²) in [6, 6.07) is 26.6.